The SMILES string of the molecule is CC(C)N(Cc1nc2ccccc2c(=O)[nH]1)C(=O)Cc1csc(N2CCCC2=O)n1. The topological polar surface area (TPSA) is 99.3 Å². The molecule has 3 aromatic rings. The minimum atomic E-state index is -0.217. The summed E-state index contributed by atoms with van der Waals surface area (Å²) in [5.74, 6) is 0.421. The fraction of sp³-hybridized carbons (Fsp3) is 0.381. The van der Waals surface area contributed by atoms with E-state index in [0.29, 0.717) is 40.5 Å². The van der Waals surface area contributed by atoms with Gasteiger partial charge in [-0.25, -0.2) is 9.97 Å². The third kappa shape index (κ3) is 4.11. The number of benzene rings is 1. The number of nitrogens with zero attached hydrogens (tertiary/aromatic N) is 4. The molecule has 0 aliphatic carbocycles. The van der Waals surface area contributed by atoms with E-state index in [0.717, 1.165) is 6.42 Å². The summed E-state index contributed by atoms with van der Waals surface area (Å²) in [5.41, 5.74) is 1.03. The predicted molar refractivity (Wildman–Crippen MR) is 115 cm³/mol. The van der Waals surface area contributed by atoms with Crippen molar-refractivity contribution >= 4 is 39.2 Å². The highest BCUT2D eigenvalue weighted by atomic mass is 32.1. The van der Waals surface area contributed by atoms with Crippen LogP contribution in [-0.4, -0.2) is 44.3 Å². The number of anilines is 1. The van der Waals surface area contributed by atoms with Crippen LogP contribution in [0.5, 0.6) is 0 Å². The standard InChI is InChI=1S/C21H23N5O3S/c1-13(2)26(11-17-23-16-7-4-3-6-15(16)20(29)24-17)19(28)10-14-12-30-21(22-14)25-9-5-8-18(25)27/h3-4,6-7,12-13H,5,8-11H2,1-2H3,(H,23,24,29). The first-order chi connectivity index (χ1) is 14.4. The first-order valence-corrected chi connectivity index (χ1v) is 10.8. The van der Waals surface area contributed by atoms with E-state index in [1.807, 2.05) is 25.3 Å². The molecule has 0 unspecified atom stereocenters. The van der Waals surface area contributed by atoms with Crippen LogP contribution in [0.1, 0.15) is 38.2 Å². The highest BCUT2D eigenvalue weighted by Gasteiger charge is 2.25. The summed E-state index contributed by atoms with van der Waals surface area (Å²) in [4.78, 5) is 52.4. The number of aromatic nitrogens is 3. The molecule has 0 atom stereocenters. The molecule has 3 heterocycles. The van der Waals surface area contributed by atoms with Gasteiger partial charge in [0.15, 0.2) is 5.13 Å². The second-order valence-corrected chi connectivity index (χ2v) is 8.43. The molecule has 2 amide bonds. The van der Waals surface area contributed by atoms with Gasteiger partial charge in [0.1, 0.15) is 5.82 Å². The minimum absolute atomic E-state index is 0.0764. The van der Waals surface area contributed by atoms with Crippen LogP contribution in [0.2, 0.25) is 0 Å². The van der Waals surface area contributed by atoms with Crippen molar-refractivity contribution in [1.29, 1.82) is 0 Å². The Labute approximate surface area is 177 Å². The third-order valence-electron chi connectivity index (χ3n) is 5.10. The van der Waals surface area contributed by atoms with Crippen LogP contribution in [-0.2, 0) is 22.6 Å². The molecular weight excluding hydrogens is 402 g/mol. The van der Waals surface area contributed by atoms with Crippen LogP contribution in [0.15, 0.2) is 34.4 Å². The van der Waals surface area contributed by atoms with Crippen LogP contribution in [0.4, 0.5) is 5.13 Å². The molecular formula is C21H23N5O3S. The number of amides is 2. The summed E-state index contributed by atoms with van der Waals surface area (Å²) >= 11 is 1.38. The summed E-state index contributed by atoms with van der Waals surface area (Å²) in [5, 5.41) is 3.00. The Kier molecular flexibility index (Phi) is 5.63. The quantitative estimate of drug-likeness (QED) is 0.654. The van der Waals surface area contributed by atoms with E-state index in [4.69, 9.17) is 0 Å². The number of hydrogen-bond donors (Lipinski definition) is 1. The molecule has 0 radical (unpaired) electrons. The first kappa shape index (κ1) is 20.2. The zero-order valence-electron chi connectivity index (χ0n) is 16.9. The lowest BCUT2D eigenvalue weighted by Gasteiger charge is -2.26. The van der Waals surface area contributed by atoms with E-state index in [1.165, 1.54) is 11.3 Å². The minimum Gasteiger partial charge on any atom is -0.332 e. The van der Waals surface area contributed by atoms with Gasteiger partial charge >= 0.3 is 0 Å². The smallest absolute Gasteiger partial charge is 0.258 e. The number of aromatic amines is 1. The van der Waals surface area contributed by atoms with E-state index in [-0.39, 0.29) is 36.4 Å². The monoisotopic (exact) mass is 425 g/mol. The van der Waals surface area contributed by atoms with Crippen LogP contribution in [0.3, 0.4) is 0 Å². The summed E-state index contributed by atoms with van der Waals surface area (Å²) < 4.78 is 0. The van der Waals surface area contributed by atoms with Gasteiger partial charge in [0, 0.05) is 24.4 Å². The van der Waals surface area contributed by atoms with E-state index in [2.05, 4.69) is 15.0 Å². The lowest BCUT2D eigenvalue weighted by Crippen LogP contribution is -2.38. The van der Waals surface area contributed by atoms with E-state index < -0.39 is 0 Å². The summed E-state index contributed by atoms with van der Waals surface area (Å²) in [6.07, 6.45) is 1.52. The maximum Gasteiger partial charge on any atom is 0.258 e. The maximum atomic E-state index is 13.0. The molecule has 1 aliphatic heterocycles. The molecule has 1 fully saturated rings. The fourth-order valence-corrected chi connectivity index (χ4v) is 4.41. The van der Waals surface area contributed by atoms with E-state index >= 15 is 0 Å². The van der Waals surface area contributed by atoms with Gasteiger partial charge < -0.3 is 9.88 Å². The molecule has 1 aliphatic rings. The van der Waals surface area contributed by atoms with Crippen molar-refractivity contribution in [3.05, 3.63) is 51.5 Å². The number of thiazole rings is 1. The number of nitrogens with one attached hydrogen (secondary N) is 1. The maximum absolute atomic E-state index is 13.0. The lowest BCUT2D eigenvalue weighted by molar-refractivity contribution is -0.133. The van der Waals surface area contributed by atoms with Crippen molar-refractivity contribution in [2.75, 3.05) is 11.4 Å². The van der Waals surface area contributed by atoms with Crippen molar-refractivity contribution in [2.24, 2.45) is 0 Å². The second kappa shape index (κ2) is 8.35. The number of H-pyrrole nitrogens is 1. The average Bonchev–Trinajstić information content (AvgIpc) is 3.34. The van der Waals surface area contributed by atoms with Gasteiger partial charge in [-0.15, -0.1) is 11.3 Å². The van der Waals surface area contributed by atoms with Crippen LogP contribution in [0, 0.1) is 0 Å². The largest absolute Gasteiger partial charge is 0.332 e. The Bertz CT molecular complexity index is 1150. The molecule has 8 nitrogen and oxygen atoms in total. The van der Waals surface area contributed by atoms with Crippen molar-refractivity contribution in [1.82, 2.24) is 19.9 Å². The molecule has 9 heteroatoms. The second-order valence-electron chi connectivity index (χ2n) is 7.59. The summed E-state index contributed by atoms with van der Waals surface area (Å²) in [6.45, 7) is 4.73. The van der Waals surface area contributed by atoms with E-state index in [9.17, 15) is 14.4 Å². The molecule has 0 bridgehead atoms. The number of hydrogen-bond acceptors (Lipinski definition) is 6. The molecule has 2 aromatic heterocycles. The Morgan fingerprint density at radius 3 is 2.80 bits per heavy atom. The number of fused-ring (bicyclic) bond motifs is 1. The number of carbonyl (C=O) groups excluding carboxylic acids is 2. The summed E-state index contributed by atoms with van der Waals surface area (Å²) in [7, 11) is 0. The fourth-order valence-electron chi connectivity index (χ4n) is 3.54. The number of rotatable bonds is 6. The molecule has 1 saturated heterocycles. The third-order valence-corrected chi connectivity index (χ3v) is 6.01. The molecule has 1 N–H and O–H groups in total. The highest BCUT2D eigenvalue weighted by Crippen LogP contribution is 2.25. The Morgan fingerprint density at radius 2 is 2.07 bits per heavy atom. The Hall–Kier alpha value is -3.07. The molecule has 156 valence electrons. The van der Waals surface area contributed by atoms with E-state index in [1.54, 1.807) is 28.0 Å². The van der Waals surface area contributed by atoms with Crippen molar-refractivity contribution in [3.8, 4) is 0 Å². The van der Waals surface area contributed by atoms with Gasteiger partial charge in [-0.1, -0.05) is 12.1 Å². The molecule has 4 rings (SSSR count). The molecule has 30 heavy (non-hydrogen) atoms. The number of para-hydroxylation sites is 1. The van der Waals surface area contributed by atoms with Crippen LogP contribution < -0.4 is 10.5 Å². The van der Waals surface area contributed by atoms with Gasteiger partial charge in [-0.05, 0) is 32.4 Å². The van der Waals surface area contributed by atoms with Crippen molar-refractivity contribution in [2.45, 2.75) is 45.7 Å². The normalized spacial score (nSPS) is 14.1. The molecule has 0 spiro atoms. The van der Waals surface area contributed by atoms with Gasteiger partial charge in [-0.3, -0.25) is 19.3 Å². The molecule has 0 saturated carbocycles. The zero-order valence-corrected chi connectivity index (χ0v) is 17.7. The van der Waals surface area contributed by atoms with Gasteiger partial charge in [0.25, 0.3) is 5.56 Å². The highest BCUT2D eigenvalue weighted by molar-refractivity contribution is 7.14. The predicted octanol–water partition coefficient (Wildman–Crippen LogP) is 2.49. The van der Waals surface area contributed by atoms with Crippen LogP contribution >= 0.6 is 11.3 Å². The van der Waals surface area contributed by atoms with Crippen LogP contribution in [0.25, 0.3) is 10.9 Å². The van der Waals surface area contributed by atoms with Crippen molar-refractivity contribution < 1.29 is 9.59 Å². The molecule has 1 aromatic carbocycles. The van der Waals surface area contributed by atoms with Gasteiger partial charge in [-0.2, -0.15) is 0 Å². The lowest BCUT2D eigenvalue weighted by atomic mass is 10.2. The Balaban J connectivity index is 1.51. The van der Waals surface area contributed by atoms with Crippen molar-refractivity contribution in [3.63, 3.8) is 0 Å². The zero-order chi connectivity index (χ0) is 21.3. The Morgan fingerprint density at radius 1 is 1.27 bits per heavy atom. The van der Waals surface area contributed by atoms with Gasteiger partial charge in [0.2, 0.25) is 11.8 Å². The summed E-state index contributed by atoms with van der Waals surface area (Å²) in [6, 6.07) is 7.05. The van der Waals surface area contributed by atoms with Gasteiger partial charge in [0.05, 0.1) is 29.6 Å². The average molecular weight is 426 g/mol. The first-order valence-electron chi connectivity index (χ1n) is 9.94. The number of carbonyl (C=O) groups is 2.